The number of rotatable bonds is 9. The lowest BCUT2D eigenvalue weighted by Crippen LogP contribution is -2.23. The van der Waals surface area contributed by atoms with Gasteiger partial charge in [-0.3, -0.25) is 0 Å². The van der Waals surface area contributed by atoms with Crippen LogP contribution in [0.5, 0.6) is 11.5 Å². The predicted octanol–water partition coefficient (Wildman–Crippen LogP) is 3.00. The maximum atomic E-state index is 5.92. The molecule has 0 amide bonds. The monoisotopic (exact) mass is 281 g/mol. The van der Waals surface area contributed by atoms with Crippen molar-refractivity contribution in [2.45, 2.75) is 46.4 Å². The second-order valence-electron chi connectivity index (χ2n) is 5.07. The minimum atomic E-state index is 0.0515. The summed E-state index contributed by atoms with van der Waals surface area (Å²) in [7, 11) is 1.68. The topological polar surface area (TPSA) is 39.7 Å². The van der Waals surface area contributed by atoms with Crippen molar-refractivity contribution in [3.63, 3.8) is 0 Å². The van der Waals surface area contributed by atoms with Crippen molar-refractivity contribution < 1.29 is 14.2 Å². The largest absolute Gasteiger partial charge is 0.490 e. The Hall–Kier alpha value is -1.26. The van der Waals surface area contributed by atoms with Crippen molar-refractivity contribution >= 4 is 0 Å². The van der Waals surface area contributed by atoms with Crippen molar-refractivity contribution in [1.29, 1.82) is 0 Å². The summed E-state index contributed by atoms with van der Waals surface area (Å²) in [6.07, 6.45) is 0.0515. The zero-order valence-corrected chi connectivity index (χ0v) is 13.2. The Labute approximate surface area is 122 Å². The minimum Gasteiger partial charge on any atom is -0.490 e. The lowest BCUT2D eigenvalue weighted by molar-refractivity contribution is 0.0699. The summed E-state index contributed by atoms with van der Waals surface area (Å²) in [5.74, 6) is 1.60. The molecule has 1 atom stereocenters. The third kappa shape index (κ3) is 5.39. The van der Waals surface area contributed by atoms with Crippen LogP contribution in [-0.4, -0.2) is 32.5 Å². The molecule has 0 saturated heterocycles. The summed E-state index contributed by atoms with van der Waals surface area (Å²) < 4.78 is 16.8. The van der Waals surface area contributed by atoms with Crippen LogP contribution in [0.4, 0.5) is 0 Å². The molecule has 0 aliphatic heterocycles. The Balaban J connectivity index is 2.87. The normalized spacial score (nSPS) is 12.5. The maximum absolute atomic E-state index is 5.92. The highest BCUT2D eigenvalue weighted by Gasteiger charge is 2.12. The zero-order valence-electron chi connectivity index (χ0n) is 13.2. The molecule has 0 fully saturated rings. The standard InChI is InChI=1S/C16H27NO3/c1-6-19-15-9-7-8-14(10-17-12(2)3)16(15)20-11-13(4)18-5/h7-9,12-13,17H,6,10-11H2,1-5H3. The van der Waals surface area contributed by atoms with Gasteiger partial charge in [0.05, 0.1) is 12.7 Å². The van der Waals surface area contributed by atoms with Gasteiger partial charge < -0.3 is 19.5 Å². The summed E-state index contributed by atoms with van der Waals surface area (Å²) in [5.41, 5.74) is 1.10. The lowest BCUT2D eigenvalue weighted by atomic mass is 10.1. The molecular weight excluding hydrogens is 254 g/mol. The molecular formula is C16H27NO3. The van der Waals surface area contributed by atoms with Gasteiger partial charge in [0, 0.05) is 25.3 Å². The molecule has 0 spiro atoms. The fourth-order valence-corrected chi connectivity index (χ4v) is 1.72. The second kappa shape index (κ2) is 8.82. The van der Waals surface area contributed by atoms with Crippen molar-refractivity contribution in [2.75, 3.05) is 20.3 Å². The molecule has 0 aliphatic carbocycles. The summed E-state index contributed by atoms with van der Waals surface area (Å²) in [6, 6.07) is 6.42. The van der Waals surface area contributed by atoms with Gasteiger partial charge in [0.2, 0.25) is 0 Å². The van der Waals surface area contributed by atoms with Crippen LogP contribution in [0.25, 0.3) is 0 Å². The first kappa shape index (κ1) is 16.8. The Morgan fingerprint density at radius 3 is 2.50 bits per heavy atom. The van der Waals surface area contributed by atoms with E-state index in [4.69, 9.17) is 14.2 Å². The molecule has 20 heavy (non-hydrogen) atoms. The fraction of sp³-hybridized carbons (Fsp3) is 0.625. The average Bonchev–Trinajstić information content (AvgIpc) is 2.43. The van der Waals surface area contributed by atoms with Crippen molar-refractivity contribution in [3.8, 4) is 11.5 Å². The maximum Gasteiger partial charge on any atom is 0.165 e. The van der Waals surface area contributed by atoms with Gasteiger partial charge in [-0.2, -0.15) is 0 Å². The number of hydrogen-bond donors (Lipinski definition) is 1. The smallest absolute Gasteiger partial charge is 0.165 e. The quantitative estimate of drug-likeness (QED) is 0.755. The highest BCUT2D eigenvalue weighted by atomic mass is 16.5. The SMILES string of the molecule is CCOc1cccc(CNC(C)C)c1OCC(C)OC. The van der Waals surface area contributed by atoms with Crippen LogP contribution in [0.3, 0.4) is 0 Å². The van der Waals surface area contributed by atoms with Gasteiger partial charge in [0.25, 0.3) is 0 Å². The van der Waals surface area contributed by atoms with E-state index in [-0.39, 0.29) is 6.10 Å². The van der Waals surface area contributed by atoms with E-state index in [1.165, 1.54) is 0 Å². The van der Waals surface area contributed by atoms with Crippen LogP contribution in [0, 0.1) is 0 Å². The van der Waals surface area contributed by atoms with Gasteiger partial charge in [-0.25, -0.2) is 0 Å². The fourth-order valence-electron chi connectivity index (χ4n) is 1.72. The molecule has 1 aromatic carbocycles. The van der Waals surface area contributed by atoms with E-state index >= 15 is 0 Å². The van der Waals surface area contributed by atoms with Crippen molar-refractivity contribution in [3.05, 3.63) is 23.8 Å². The second-order valence-corrected chi connectivity index (χ2v) is 5.07. The van der Waals surface area contributed by atoms with Crippen LogP contribution in [0.2, 0.25) is 0 Å². The third-order valence-corrected chi connectivity index (χ3v) is 2.93. The van der Waals surface area contributed by atoms with Crippen LogP contribution in [0.1, 0.15) is 33.3 Å². The van der Waals surface area contributed by atoms with E-state index in [1.54, 1.807) is 7.11 Å². The van der Waals surface area contributed by atoms with E-state index in [0.29, 0.717) is 19.3 Å². The molecule has 1 unspecified atom stereocenters. The molecule has 0 radical (unpaired) electrons. The highest BCUT2D eigenvalue weighted by molar-refractivity contribution is 5.46. The van der Waals surface area contributed by atoms with Gasteiger partial charge in [0.1, 0.15) is 6.61 Å². The molecule has 0 heterocycles. The Morgan fingerprint density at radius 1 is 1.15 bits per heavy atom. The van der Waals surface area contributed by atoms with Crippen LogP contribution < -0.4 is 14.8 Å². The van der Waals surface area contributed by atoms with E-state index in [0.717, 1.165) is 23.6 Å². The van der Waals surface area contributed by atoms with Gasteiger partial charge in [0.15, 0.2) is 11.5 Å². The molecule has 1 rings (SSSR count). The van der Waals surface area contributed by atoms with Gasteiger partial charge >= 0.3 is 0 Å². The van der Waals surface area contributed by atoms with Crippen LogP contribution >= 0.6 is 0 Å². The lowest BCUT2D eigenvalue weighted by Gasteiger charge is -2.19. The molecule has 0 bridgehead atoms. The average molecular weight is 281 g/mol. The molecule has 4 nitrogen and oxygen atoms in total. The van der Waals surface area contributed by atoms with E-state index in [2.05, 4.69) is 25.2 Å². The first-order valence-electron chi connectivity index (χ1n) is 7.22. The van der Waals surface area contributed by atoms with Crippen molar-refractivity contribution in [2.24, 2.45) is 0 Å². The highest BCUT2D eigenvalue weighted by Crippen LogP contribution is 2.31. The van der Waals surface area contributed by atoms with E-state index in [9.17, 15) is 0 Å². The summed E-state index contributed by atoms with van der Waals surface area (Å²) in [4.78, 5) is 0. The zero-order chi connectivity index (χ0) is 15.0. The number of para-hydroxylation sites is 1. The van der Waals surface area contributed by atoms with Crippen molar-refractivity contribution in [1.82, 2.24) is 5.32 Å². The molecule has 0 saturated carbocycles. The van der Waals surface area contributed by atoms with Crippen LogP contribution in [0.15, 0.2) is 18.2 Å². The molecule has 1 aromatic rings. The van der Waals surface area contributed by atoms with E-state index in [1.807, 2.05) is 26.0 Å². The number of benzene rings is 1. The Kier molecular flexibility index (Phi) is 7.41. The minimum absolute atomic E-state index is 0.0515. The number of ether oxygens (including phenoxy) is 3. The molecule has 4 heteroatoms. The van der Waals surface area contributed by atoms with Gasteiger partial charge in [-0.15, -0.1) is 0 Å². The first-order valence-corrected chi connectivity index (χ1v) is 7.22. The molecule has 0 aromatic heterocycles. The van der Waals surface area contributed by atoms with Crippen LogP contribution in [-0.2, 0) is 11.3 Å². The summed E-state index contributed by atoms with van der Waals surface area (Å²) in [6.45, 7) is 10.1. The Morgan fingerprint density at radius 2 is 1.90 bits per heavy atom. The summed E-state index contributed by atoms with van der Waals surface area (Å²) >= 11 is 0. The van der Waals surface area contributed by atoms with E-state index < -0.39 is 0 Å². The number of hydrogen-bond acceptors (Lipinski definition) is 4. The summed E-state index contributed by atoms with van der Waals surface area (Å²) in [5, 5.41) is 3.41. The Bertz CT molecular complexity index is 393. The van der Waals surface area contributed by atoms with Gasteiger partial charge in [-0.05, 0) is 19.9 Å². The number of nitrogens with one attached hydrogen (secondary N) is 1. The molecule has 1 N–H and O–H groups in total. The molecule has 114 valence electrons. The first-order chi connectivity index (χ1) is 9.58. The van der Waals surface area contributed by atoms with Gasteiger partial charge in [-0.1, -0.05) is 26.0 Å². The molecule has 0 aliphatic rings. The predicted molar refractivity (Wildman–Crippen MR) is 81.6 cm³/mol. The number of methoxy groups -OCH3 is 1. The third-order valence-electron chi connectivity index (χ3n) is 2.93.